The molecule has 1 N–H and O–H groups in total. The molecule has 0 aliphatic rings. The van der Waals surface area contributed by atoms with Crippen LogP contribution < -0.4 is 9.47 Å². The molecule has 0 bridgehead atoms. The van der Waals surface area contributed by atoms with Crippen LogP contribution in [0, 0.1) is 0 Å². The van der Waals surface area contributed by atoms with Gasteiger partial charge in [0.15, 0.2) is 11.5 Å². The molecule has 0 spiro atoms. The highest BCUT2D eigenvalue weighted by molar-refractivity contribution is 5.42. The molecule has 0 heterocycles. The Hall–Kier alpha value is -1.22. The Labute approximate surface area is 85.3 Å². The molecule has 0 amide bonds. The van der Waals surface area contributed by atoms with Gasteiger partial charge in [0.1, 0.15) is 0 Å². The van der Waals surface area contributed by atoms with Crippen molar-refractivity contribution in [2.45, 2.75) is 13.3 Å². The van der Waals surface area contributed by atoms with E-state index >= 15 is 0 Å². The molecule has 0 atom stereocenters. The van der Waals surface area contributed by atoms with Crippen LogP contribution in [0.4, 0.5) is 0 Å². The summed E-state index contributed by atoms with van der Waals surface area (Å²) in [5, 5.41) is 7.00. The maximum Gasteiger partial charge on any atom is 0.160 e. The predicted molar refractivity (Wildman–Crippen MR) is 57.1 cm³/mol. The molecule has 0 aromatic heterocycles. The molecule has 1 rings (SSSR count). The Morgan fingerprint density at radius 2 is 1.64 bits per heavy atom. The fourth-order valence-corrected chi connectivity index (χ4v) is 1.10. The van der Waals surface area contributed by atoms with E-state index in [-0.39, 0.29) is 0 Å². The van der Waals surface area contributed by atoms with Crippen molar-refractivity contribution in [3.63, 3.8) is 0 Å². The number of rotatable bonds is 3. The van der Waals surface area contributed by atoms with E-state index in [1.807, 2.05) is 18.2 Å². The van der Waals surface area contributed by atoms with Gasteiger partial charge in [-0.25, -0.2) is 0 Å². The molecule has 3 nitrogen and oxygen atoms in total. The van der Waals surface area contributed by atoms with Gasteiger partial charge >= 0.3 is 0 Å². The first-order chi connectivity index (χ1) is 6.81. The SMILES string of the molecule is CCc1ccc(OC)c(OC)c1.CO. The van der Waals surface area contributed by atoms with Crippen molar-refractivity contribution < 1.29 is 14.6 Å². The zero-order valence-corrected chi connectivity index (χ0v) is 9.20. The zero-order valence-electron chi connectivity index (χ0n) is 9.20. The van der Waals surface area contributed by atoms with Crippen LogP contribution in [0.3, 0.4) is 0 Å². The molecular weight excluding hydrogens is 180 g/mol. The second-order valence-corrected chi connectivity index (χ2v) is 2.54. The highest BCUT2D eigenvalue weighted by Gasteiger charge is 2.02. The van der Waals surface area contributed by atoms with E-state index < -0.39 is 0 Å². The van der Waals surface area contributed by atoms with Crippen LogP contribution in [-0.4, -0.2) is 26.4 Å². The highest BCUT2D eigenvalue weighted by atomic mass is 16.5. The quantitative estimate of drug-likeness (QED) is 0.805. The number of aliphatic hydroxyl groups excluding tert-OH is 1. The summed E-state index contributed by atoms with van der Waals surface area (Å²) in [6.07, 6.45) is 1.01. The summed E-state index contributed by atoms with van der Waals surface area (Å²) >= 11 is 0. The molecule has 0 saturated carbocycles. The van der Waals surface area contributed by atoms with Crippen molar-refractivity contribution in [2.24, 2.45) is 0 Å². The summed E-state index contributed by atoms with van der Waals surface area (Å²) in [7, 11) is 4.29. The van der Waals surface area contributed by atoms with Gasteiger partial charge in [0.25, 0.3) is 0 Å². The third-order valence-electron chi connectivity index (χ3n) is 1.86. The van der Waals surface area contributed by atoms with Gasteiger partial charge in [0.2, 0.25) is 0 Å². The van der Waals surface area contributed by atoms with Gasteiger partial charge in [-0.05, 0) is 24.1 Å². The predicted octanol–water partition coefficient (Wildman–Crippen LogP) is 1.87. The molecule has 0 unspecified atom stereocenters. The minimum absolute atomic E-state index is 0.787. The monoisotopic (exact) mass is 198 g/mol. The first kappa shape index (κ1) is 12.8. The van der Waals surface area contributed by atoms with Gasteiger partial charge in [-0.15, -0.1) is 0 Å². The molecule has 0 radical (unpaired) electrons. The lowest BCUT2D eigenvalue weighted by Gasteiger charge is -2.07. The van der Waals surface area contributed by atoms with Crippen LogP contribution in [0.1, 0.15) is 12.5 Å². The largest absolute Gasteiger partial charge is 0.493 e. The number of aryl methyl sites for hydroxylation is 1. The van der Waals surface area contributed by atoms with Gasteiger partial charge in [-0.3, -0.25) is 0 Å². The summed E-state index contributed by atoms with van der Waals surface area (Å²) in [6, 6.07) is 5.97. The molecule has 1 aromatic carbocycles. The van der Waals surface area contributed by atoms with Crippen LogP contribution in [0.5, 0.6) is 11.5 Å². The third-order valence-corrected chi connectivity index (χ3v) is 1.86. The summed E-state index contributed by atoms with van der Waals surface area (Å²) in [4.78, 5) is 0. The normalized spacial score (nSPS) is 8.64. The zero-order chi connectivity index (χ0) is 11.0. The minimum Gasteiger partial charge on any atom is -0.493 e. The van der Waals surface area contributed by atoms with Gasteiger partial charge in [-0.1, -0.05) is 13.0 Å². The summed E-state index contributed by atoms with van der Waals surface area (Å²) in [6.45, 7) is 2.11. The van der Waals surface area contributed by atoms with Crippen molar-refractivity contribution >= 4 is 0 Å². The van der Waals surface area contributed by atoms with Crippen LogP contribution in [0.2, 0.25) is 0 Å². The lowest BCUT2D eigenvalue weighted by molar-refractivity contribution is 0.354. The topological polar surface area (TPSA) is 38.7 Å². The molecular formula is C11H18O3. The van der Waals surface area contributed by atoms with E-state index in [1.165, 1.54) is 5.56 Å². The van der Waals surface area contributed by atoms with Gasteiger partial charge in [-0.2, -0.15) is 0 Å². The Morgan fingerprint density at radius 1 is 1.07 bits per heavy atom. The average Bonchev–Trinajstić information content (AvgIpc) is 2.30. The lowest BCUT2D eigenvalue weighted by Crippen LogP contribution is -1.91. The number of methoxy groups -OCH3 is 2. The number of hydrogen-bond acceptors (Lipinski definition) is 3. The van der Waals surface area contributed by atoms with Crippen LogP contribution >= 0.6 is 0 Å². The van der Waals surface area contributed by atoms with E-state index in [9.17, 15) is 0 Å². The summed E-state index contributed by atoms with van der Waals surface area (Å²) < 4.78 is 10.3. The average molecular weight is 198 g/mol. The van der Waals surface area contributed by atoms with Crippen LogP contribution in [-0.2, 0) is 6.42 Å². The smallest absolute Gasteiger partial charge is 0.160 e. The van der Waals surface area contributed by atoms with E-state index in [1.54, 1.807) is 14.2 Å². The molecule has 0 aliphatic carbocycles. The molecule has 3 heteroatoms. The molecule has 80 valence electrons. The van der Waals surface area contributed by atoms with Crippen LogP contribution in [0.15, 0.2) is 18.2 Å². The number of aliphatic hydroxyl groups is 1. The summed E-state index contributed by atoms with van der Waals surface area (Å²) in [5.41, 5.74) is 1.26. The molecule has 0 saturated heterocycles. The van der Waals surface area contributed by atoms with E-state index in [0.717, 1.165) is 25.0 Å². The molecule has 0 fully saturated rings. The standard InChI is InChI=1S/C10H14O2.CH4O/c1-4-8-5-6-9(11-2)10(7-8)12-3;1-2/h5-7H,4H2,1-3H3;2H,1H3. The van der Waals surface area contributed by atoms with E-state index in [2.05, 4.69) is 6.92 Å². The Morgan fingerprint density at radius 3 is 2.07 bits per heavy atom. The van der Waals surface area contributed by atoms with Crippen molar-refractivity contribution in [1.82, 2.24) is 0 Å². The number of ether oxygens (including phenoxy) is 2. The maximum atomic E-state index is 7.00. The van der Waals surface area contributed by atoms with Crippen LogP contribution in [0.25, 0.3) is 0 Å². The second-order valence-electron chi connectivity index (χ2n) is 2.54. The van der Waals surface area contributed by atoms with Crippen molar-refractivity contribution in [3.8, 4) is 11.5 Å². The van der Waals surface area contributed by atoms with E-state index in [0.29, 0.717) is 0 Å². The first-order valence-electron chi connectivity index (χ1n) is 4.47. The third kappa shape index (κ3) is 3.26. The molecule has 1 aromatic rings. The van der Waals surface area contributed by atoms with E-state index in [4.69, 9.17) is 14.6 Å². The maximum absolute atomic E-state index is 7.00. The highest BCUT2D eigenvalue weighted by Crippen LogP contribution is 2.27. The molecule has 0 aliphatic heterocycles. The lowest BCUT2D eigenvalue weighted by atomic mass is 10.1. The second kappa shape index (κ2) is 7.21. The first-order valence-corrected chi connectivity index (χ1v) is 4.47. The molecule has 14 heavy (non-hydrogen) atoms. The minimum atomic E-state index is 0.787. The van der Waals surface area contributed by atoms with Gasteiger partial charge in [0.05, 0.1) is 14.2 Å². The number of hydrogen-bond donors (Lipinski definition) is 1. The Bertz CT molecular complexity index is 259. The fraction of sp³-hybridized carbons (Fsp3) is 0.455. The number of benzene rings is 1. The van der Waals surface area contributed by atoms with Gasteiger partial charge < -0.3 is 14.6 Å². The Balaban J connectivity index is 0.000000791. The fourth-order valence-electron chi connectivity index (χ4n) is 1.10. The van der Waals surface area contributed by atoms with Crippen molar-refractivity contribution in [2.75, 3.05) is 21.3 Å². The van der Waals surface area contributed by atoms with Gasteiger partial charge in [0, 0.05) is 7.11 Å². The van der Waals surface area contributed by atoms with Crippen molar-refractivity contribution in [1.29, 1.82) is 0 Å². The summed E-state index contributed by atoms with van der Waals surface area (Å²) in [5.74, 6) is 1.59. The Kier molecular flexibility index (Phi) is 6.58. The van der Waals surface area contributed by atoms with Crippen molar-refractivity contribution in [3.05, 3.63) is 23.8 Å².